The first kappa shape index (κ1) is 19.4. The molecule has 6 heterocycles. The Morgan fingerprint density at radius 2 is 2.15 bits per heavy atom. The first-order chi connectivity index (χ1) is 16.2. The van der Waals surface area contributed by atoms with Crippen molar-refractivity contribution in [3.05, 3.63) is 83.7 Å². The molecule has 0 fully saturated rings. The summed E-state index contributed by atoms with van der Waals surface area (Å²) in [5.74, 6) is -0.248. The summed E-state index contributed by atoms with van der Waals surface area (Å²) >= 11 is 0. The van der Waals surface area contributed by atoms with Gasteiger partial charge in [0.15, 0.2) is 0 Å². The summed E-state index contributed by atoms with van der Waals surface area (Å²) in [4.78, 5) is 27.2. The number of aromatic amines is 1. The molecule has 1 atom stereocenters. The standard InChI is InChI=1S/C23H20N8O2/c1-2-14-6-5-10-31-18(14)12-17(29-31)20-19-15(25-13-26-19)8-11-30(20)23(32)22-28-27-21(33-22)16-7-3-4-9-24-16/h3-7,9-10,12-13,20H,2,8,11H2,1H3,(H,25,26). The van der Waals surface area contributed by atoms with Crippen molar-refractivity contribution in [3.8, 4) is 11.6 Å². The molecule has 1 aliphatic rings. The van der Waals surface area contributed by atoms with Gasteiger partial charge in [0, 0.05) is 31.1 Å². The topological polar surface area (TPSA) is 118 Å². The van der Waals surface area contributed by atoms with Gasteiger partial charge in [-0.15, -0.1) is 10.2 Å². The lowest BCUT2D eigenvalue weighted by Gasteiger charge is -2.32. The van der Waals surface area contributed by atoms with Crippen molar-refractivity contribution < 1.29 is 9.21 Å². The van der Waals surface area contributed by atoms with Crippen LogP contribution in [-0.2, 0) is 12.8 Å². The van der Waals surface area contributed by atoms with Crippen molar-refractivity contribution in [2.75, 3.05) is 6.54 Å². The average Bonchev–Trinajstić information content (AvgIpc) is 3.62. The Kier molecular flexibility index (Phi) is 4.49. The third kappa shape index (κ3) is 3.18. The van der Waals surface area contributed by atoms with Crippen LogP contribution in [0.2, 0.25) is 0 Å². The van der Waals surface area contributed by atoms with Crippen molar-refractivity contribution in [2.24, 2.45) is 0 Å². The number of nitrogens with zero attached hydrogens (tertiary/aromatic N) is 7. The van der Waals surface area contributed by atoms with Crippen LogP contribution >= 0.6 is 0 Å². The maximum absolute atomic E-state index is 13.5. The van der Waals surface area contributed by atoms with Crippen molar-refractivity contribution >= 4 is 11.4 Å². The van der Waals surface area contributed by atoms with Crippen molar-refractivity contribution in [1.82, 2.24) is 39.7 Å². The van der Waals surface area contributed by atoms with Gasteiger partial charge in [0.2, 0.25) is 0 Å². The summed E-state index contributed by atoms with van der Waals surface area (Å²) < 4.78 is 7.55. The molecule has 1 unspecified atom stereocenters. The Labute approximate surface area is 188 Å². The number of imidazole rings is 1. The minimum Gasteiger partial charge on any atom is -0.411 e. The highest BCUT2D eigenvalue weighted by Gasteiger charge is 2.38. The molecule has 10 heteroatoms. The van der Waals surface area contributed by atoms with E-state index in [0.717, 1.165) is 29.0 Å². The van der Waals surface area contributed by atoms with E-state index in [1.54, 1.807) is 29.6 Å². The molecule has 6 rings (SSSR count). The van der Waals surface area contributed by atoms with E-state index in [1.165, 1.54) is 5.56 Å². The SMILES string of the molecule is CCc1cccn2nc(C3c4nc[nH]c4CCN3C(=O)c3nnc(-c4ccccn4)o3)cc12. The van der Waals surface area contributed by atoms with Crippen molar-refractivity contribution in [3.63, 3.8) is 0 Å². The third-order valence-electron chi connectivity index (χ3n) is 5.95. The normalized spacial score (nSPS) is 15.7. The zero-order valence-electron chi connectivity index (χ0n) is 17.8. The van der Waals surface area contributed by atoms with Crippen LogP contribution < -0.4 is 0 Å². The number of carbonyl (C=O) groups is 1. The lowest BCUT2D eigenvalue weighted by Crippen LogP contribution is -2.41. The Morgan fingerprint density at radius 3 is 3.00 bits per heavy atom. The molecule has 0 saturated heterocycles. The zero-order valence-corrected chi connectivity index (χ0v) is 17.8. The number of pyridine rings is 2. The second-order valence-corrected chi connectivity index (χ2v) is 7.83. The first-order valence-corrected chi connectivity index (χ1v) is 10.8. The summed E-state index contributed by atoms with van der Waals surface area (Å²) in [7, 11) is 0. The summed E-state index contributed by atoms with van der Waals surface area (Å²) in [6.45, 7) is 2.58. The average molecular weight is 440 g/mol. The van der Waals surface area contributed by atoms with Gasteiger partial charge in [-0.05, 0) is 36.2 Å². The highest BCUT2D eigenvalue weighted by Crippen LogP contribution is 2.34. The predicted octanol–water partition coefficient (Wildman–Crippen LogP) is 2.85. The van der Waals surface area contributed by atoms with Crippen LogP contribution in [0.3, 0.4) is 0 Å². The van der Waals surface area contributed by atoms with Crippen LogP contribution in [0.1, 0.15) is 46.3 Å². The molecule has 164 valence electrons. The maximum atomic E-state index is 13.5. The number of carbonyl (C=O) groups excluding carboxylic acids is 1. The smallest absolute Gasteiger partial charge is 0.312 e. The third-order valence-corrected chi connectivity index (χ3v) is 5.95. The van der Waals surface area contributed by atoms with Crippen LogP contribution in [0.5, 0.6) is 0 Å². The number of aryl methyl sites for hydroxylation is 1. The van der Waals surface area contributed by atoms with E-state index in [9.17, 15) is 4.79 Å². The second-order valence-electron chi connectivity index (χ2n) is 7.83. The van der Waals surface area contributed by atoms with E-state index in [2.05, 4.69) is 38.1 Å². The number of hydrogen-bond donors (Lipinski definition) is 1. The van der Waals surface area contributed by atoms with Gasteiger partial charge in [0.1, 0.15) is 11.7 Å². The van der Waals surface area contributed by atoms with E-state index in [-0.39, 0.29) is 17.7 Å². The lowest BCUT2D eigenvalue weighted by atomic mass is 9.99. The van der Waals surface area contributed by atoms with Gasteiger partial charge >= 0.3 is 11.8 Å². The van der Waals surface area contributed by atoms with Gasteiger partial charge in [-0.2, -0.15) is 5.10 Å². The molecule has 0 aromatic carbocycles. The fourth-order valence-corrected chi connectivity index (χ4v) is 4.35. The molecule has 0 aliphatic carbocycles. The molecule has 5 aromatic heterocycles. The molecular formula is C23H20N8O2. The molecule has 10 nitrogen and oxygen atoms in total. The molecule has 1 N–H and O–H groups in total. The van der Waals surface area contributed by atoms with Crippen LogP contribution in [0.4, 0.5) is 0 Å². The van der Waals surface area contributed by atoms with Crippen LogP contribution in [0, 0.1) is 0 Å². The molecule has 0 saturated carbocycles. The number of amides is 1. The second kappa shape index (κ2) is 7.66. The molecular weight excluding hydrogens is 420 g/mol. The lowest BCUT2D eigenvalue weighted by molar-refractivity contribution is 0.0646. The van der Waals surface area contributed by atoms with E-state index in [4.69, 9.17) is 9.52 Å². The van der Waals surface area contributed by atoms with Gasteiger partial charge in [0.05, 0.1) is 23.2 Å². The molecule has 33 heavy (non-hydrogen) atoms. The molecule has 0 radical (unpaired) electrons. The number of fused-ring (bicyclic) bond motifs is 2. The zero-order chi connectivity index (χ0) is 22.4. The van der Waals surface area contributed by atoms with Gasteiger partial charge in [-0.25, -0.2) is 9.50 Å². The van der Waals surface area contributed by atoms with Gasteiger partial charge < -0.3 is 14.3 Å². The van der Waals surface area contributed by atoms with E-state index < -0.39 is 6.04 Å². The first-order valence-electron chi connectivity index (χ1n) is 10.8. The minimum atomic E-state index is -0.470. The number of rotatable bonds is 4. The summed E-state index contributed by atoms with van der Waals surface area (Å²) in [5.41, 5.74) is 5.23. The van der Waals surface area contributed by atoms with E-state index in [1.807, 2.05) is 28.9 Å². The molecule has 0 bridgehead atoms. The van der Waals surface area contributed by atoms with E-state index >= 15 is 0 Å². The van der Waals surface area contributed by atoms with Crippen LogP contribution in [-0.4, -0.2) is 52.1 Å². The van der Waals surface area contributed by atoms with Crippen molar-refractivity contribution in [1.29, 1.82) is 0 Å². The van der Waals surface area contributed by atoms with Gasteiger partial charge in [-0.3, -0.25) is 9.78 Å². The van der Waals surface area contributed by atoms with Crippen LogP contribution in [0.15, 0.2) is 59.5 Å². The highest BCUT2D eigenvalue weighted by molar-refractivity contribution is 5.90. The summed E-state index contributed by atoms with van der Waals surface area (Å²) in [6, 6.07) is 11.0. The van der Waals surface area contributed by atoms with Gasteiger partial charge in [-0.1, -0.05) is 19.1 Å². The predicted molar refractivity (Wildman–Crippen MR) is 117 cm³/mol. The molecule has 0 spiro atoms. The Balaban J connectivity index is 1.41. The van der Waals surface area contributed by atoms with Gasteiger partial charge in [0.25, 0.3) is 5.89 Å². The van der Waals surface area contributed by atoms with Crippen LogP contribution in [0.25, 0.3) is 17.1 Å². The number of nitrogens with one attached hydrogen (secondary N) is 1. The molecule has 1 amide bonds. The Bertz CT molecular complexity index is 1450. The number of aromatic nitrogens is 7. The largest absolute Gasteiger partial charge is 0.411 e. The number of hydrogen-bond acceptors (Lipinski definition) is 7. The number of H-pyrrole nitrogens is 1. The minimum absolute atomic E-state index is 0.0855. The highest BCUT2D eigenvalue weighted by atomic mass is 16.4. The Morgan fingerprint density at radius 1 is 1.21 bits per heavy atom. The molecule has 1 aliphatic heterocycles. The molecule has 5 aromatic rings. The fraction of sp³-hybridized carbons (Fsp3) is 0.217. The summed E-state index contributed by atoms with van der Waals surface area (Å²) in [6.07, 6.45) is 6.73. The monoisotopic (exact) mass is 440 g/mol. The maximum Gasteiger partial charge on any atom is 0.312 e. The Hall–Kier alpha value is -4.34. The van der Waals surface area contributed by atoms with E-state index in [0.29, 0.717) is 18.7 Å². The fourth-order valence-electron chi connectivity index (χ4n) is 4.35. The quantitative estimate of drug-likeness (QED) is 0.456. The van der Waals surface area contributed by atoms with Crippen molar-refractivity contribution in [2.45, 2.75) is 25.8 Å². The summed E-state index contributed by atoms with van der Waals surface area (Å²) in [5, 5.41) is 12.8.